The summed E-state index contributed by atoms with van der Waals surface area (Å²) in [6.45, 7) is 2.53. The lowest BCUT2D eigenvalue weighted by Gasteiger charge is -2.23. The zero-order valence-corrected chi connectivity index (χ0v) is 13.2. The molecule has 0 fully saturated rings. The molecule has 2 aromatic rings. The molecule has 2 nitrogen and oxygen atoms in total. The van der Waals surface area contributed by atoms with E-state index in [-0.39, 0.29) is 5.92 Å². The molecule has 3 N–H and O–H groups in total. The fraction of sp³-hybridized carbons (Fsp3) is 0.333. The van der Waals surface area contributed by atoms with Crippen LogP contribution in [-0.4, -0.2) is 11.7 Å². The molecule has 2 unspecified atom stereocenters. The Labute approximate surface area is 126 Å². The summed E-state index contributed by atoms with van der Waals surface area (Å²) < 4.78 is 0.999. The molecule has 19 heavy (non-hydrogen) atoms. The first-order chi connectivity index (χ1) is 9.19. The van der Waals surface area contributed by atoms with Gasteiger partial charge in [0.2, 0.25) is 0 Å². The topological polar surface area (TPSA) is 46.2 Å². The summed E-state index contributed by atoms with van der Waals surface area (Å²) in [5, 5.41) is 12.7. The molecule has 0 spiro atoms. The maximum Gasteiger partial charge on any atom is 0.0965 e. The van der Waals surface area contributed by atoms with Crippen molar-refractivity contribution in [1.29, 1.82) is 0 Å². The highest BCUT2D eigenvalue weighted by Crippen LogP contribution is 2.37. The van der Waals surface area contributed by atoms with Crippen molar-refractivity contribution in [2.75, 3.05) is 6.54 Å². The normalized spacial score (nSPS) is 14.3. The highest BCUT2D eigenvalue weighted by atomic mass is 79.9. The molecule has 0 aliphatic heterocycles. The number of aliphatic hydroxyl groups is 1. The number of rotatable bonds is 5. The van der Waals surface area contributed by atoms with E-state index in [2.05, 4.69) is 28.9 Å². The summed E-state index contributed by atoms with van der Waals surface area (Å²) in [7, 11) is 0. The summed E-state index contributed by atoms with van der Waals surface area (Å²) >= 11 is 5.15. The van der Waals surface area contributed by atoms with Crippen LogP contribution >= 0.6 is 27.3 Å². The number of hydrogen-bond donors (Lipinski definition) is 2. The number of aryl methyl sites for hydroxylation is 1. The highest BCUT2D eigenvalue weighted by Gasteiger charge is 2.25. The Morgan fingerprint density at radius 1 is 1.32 bits per heavy atom. The van der Waals surface area contributed by atoms with Crippen LogP contribution in [0.4, 0.5) is 0 Å². The molecule has 1 aromatic carbocycles. The van der Waals surface area contributed by atoms with Gasteiger partial charge >= 0.3 is 0 Å². The third-order valence-corrected chi connectivity index (χ3v) is 5.12. The smallest absolute Gasteiger partial charge is 0.0965 e. The fourth-order valence-electron chi connectivity index (χ4n) is 2.28. The molecule has 1 aromatic heterocycles. The first-order valence-electron chi connectivity index (χ1n) is 6.37. The molecule has 0 bridgehead atoms. The molecule has 0 radical (unpaired) electrons. The Morgan fingerprint density at radius 2 is 2.05 bits per heavy atom. The first-order valence-corrected chi connectivity index (χ1v) is 8.05. The zero-order chi connectivity index (χ0) is 13.8. The maximum atomic E-state index is 10.7. The van der Waals surface area contributed by atoms with Crippen molar-refractivity contribution in [2.45, 2.75) is 25.4 Å². The van der Waals surface area contributed by atoms with Gasteiger partial charge in [0, 0.05) is 21.8 Å². The number of benzene rings is 1. The Kier molecular flexibility index (Phi) is 5.16. The van der Waals surface area contributed by atoms with Crippen molar-refractivity contribution in [3.8, 4) is 0 Å². The van der Waals surface area contributed by atoms with Crippen molar-refractivity contribution in [3.05, 3.63) is 56.2 Å². The molecule has 0 saturated heterocycles. The lowest BCUT2D eigenvalue weighted by Crippen LogP contribution is -2.20. The molecule has 0 aliphatic carbocycles. The van der Waals surface area contributed by atoms with Gasteiger partial charge in [0.25, 0.3) is 0 Å². The predicted molar refractivity (Wildman–Crippen MR) is 84.6 cm³/mol. The summed E-state index contributed by atoms with van der Waals surface area (Å²) in [5.74, 6) is -0.0838. The van der Waals surface area contributed by atoms with Gasteiger partial charge < -0.3 is 10.8 Å². The molecule has 2 atom stereocenters. The summed E-state index contributed by atoms with van der Waals surface area (Å²) in [4.78, 5) is 1.04. The van der Waals surface area contributed by atoms with E-state index in [4.69, 9.17) is 5.73 Å². The van der Waals surface area contributed by atoms with Crippen LogP contribution in [0.15, 0.2) is 40.2 Å². The van der Waals surface area contributed by atoms with Gasteiger partial charge in [-0.15, -0.1) is 11.3 Å². The van der Waals surface area contributed by atoms with Crippen molar-refractivity contribution < 1.29 is 5.11 Å². The zero-order valence-electron chi connectivity index (χ0n) is 10.8. The minimum absolute atomic E-state index is 0.0838. The van der Waals surface area contributed by atoms with Crippen molar-refractivity contribution in [2.24, 2.45) is 5.73 Å². The van der Waals surface area contributed by atoms with Gasteiger partial charge in [-0.25, -0.2) is 0 Å². The van der Waals surface area contributed by atoms with Crippen LogP contribution in [0.1, 0.15) is 34.9 Å². The molecule has 4 heteroatoms. The van der Waals surface area contributed by atoms with Gasteiger partial charge in [-0.3, -0.25) is 0 Å². The molecule has 0 aliphatic rings. The van der Waals surface area contributed by atoms with Gasteiger partial charge in [0.15, 0.2) is 0 Å². The molecular formula is C15H18BrNOS. The van der Waals surface area contributed by atoms with Crippen molar-refractivity contribution in [3.63, 3.8) is 0 Å². The van der Waals surface area contributed by atoms with E-state index in [1.165, 1.54) is 5.56 Å². The number of halogens is 1. The minimum Gasteiger partial charge on any atom is -0.387 e. The summed E-state index contributed by atoms with van der Waals surface area (Å²) in [6.07, 6.45) is 0.391. The second-order valence-electron chi connectivity index (χ2n) is 4.47. The third-order valence-electron chi connectivity index (χ3n) is 3.37. The predicted octanol–water partition coefficient (Wildman–Crippen LogP) is 3.85. The summed E-state index contributed by atoms with van der Waals surface area (Å²) in [5.41, 5.74) is 8.17. The van der Waals surface area contributed by atoms with E-state index in [1.807, 2.05) is 29.6 Å². The fourth-order valence-corrected chi connectivity index (χ4v) is 3.91. The maximum absolute atomic E-state index is 10.7. The Balaban J connectivity index is 2.35. The molecule has 0 saturated carbocycles. The van der Waals surface area contributed by atoms with Crippen LogP contribution in [0.3, 0.4) is 0 Å². The van der Waals surface area contributed by atoms with E-state index >= 15 is 0 Å². The molecule has 0 amide bonds. The van der Waals surface area contributed by atoms with Gasteiger partial charge in [-0.2, -0.15) is 0 Å². The van der Waals surface area contributed by atoms with E-state index < -0.39 is 6.10 Å². The minimum atomic E-state index is -0.543. The number of hydrogen-bond acceptors (Lipinski definition) is 3. The quantitative estimate of drug-likeness (QED) is 0.868. The van der Waals surface area contributed by atoms with Gasteiger partial charge in [0.05, 0.1) is 6.10 Å². The Bertz CT molecular complexity index is 540. The molecule has 102 valence electrons. The Morgan fingerprint density at radius 3 is 2.68 bits per heavy atom. The SMILES string of the molecule is CCc1ccsc1C(O)C(CN)c1ccccc1Br. The van der Waals surface area contributed by atoms with Crippen LogP contribution in [-0.2, 0) is 6.42 Å². The van der Waals surface area contributed by atoms with Crippen LogP contribution in [0, 0.1) is 0 Å². The van der Waals surface area contributed by atoms with Gasteiger partial charge in [-0.05, 0) is 35.1 Å². The average molecular weight is 340 g/mol. The largest absolute Gasteiger partial charge is 0.387 e. The van der Waals surface area contributed by atoms with Gasteiger partial charge in [-0.1, -0.05) is 41.1 Å². The second kappa shape index (κ2) is 6.66. The lowest BCUT2D eigenvalue weighted by molar-refractivity contribution is 0.150. The molecule has 2 rings (SSSR count). The number of nitrogens with two attached hydrogens (primary N) is 1. The second-order valence-corrected chi connectivity index (χ2v) is 6.27. The van der Waals surface area contributed by atoms with Crippen LogP contribution < -0.4 is 5.73 Å². The highest BCUT2D eigenvalue weighted by molar-refractivity contribution is 9.10. The first kappa shape index (κ1) is 14.7. The standard InChI is InChI=1S/C15H18BrNOS/c1-2-10-7-8-19-15(10)14(18)12(9-17)11-5-3-4-6-13(11)16/h3-8,12,14,18H,2,9,17H2,1H3. The lowest BCUT2D eigenvalue weighted by atomic mass is 9.91. The van der Waals surface area contributed by atoms with Crippen LogP contribution in [0.2, 0.25) is 0 Å². The molecular weight excluding hydrogens is 322 g/mol. The third kappa shape index (κ3) is 3.08. The van der Waals surface area contributed by atoms with E-state index in [1.54, 1.807) is 11.3 Å². The van der Waals surface area contributed by atoms with E-state index in [9.17, 15) is 5.11 Å². The number of aliphatic hydroxyl groups excluding tert-OH is 1. The van der Waals surface area contributed by atoms with Crippen LogP contribution in [0.25, 0.3) is 0 Å². The van der Waals surface area contributed by atoms with E-state index in [0.29, 0.717) is 6.54 Å². The van der Waals surface area contributed by atoms with Crippen molar-refractivity contribution >= 4 is 27.3 Å². The monoisotopic (exact) mass is 339 g/mol. The average Bonchev–Trinajstić information content (AvgIpc) is 2.89. The Hall–Kier alpha value is -0.680. The van der Waals surface area contributed by atoms with Crippen molar-refractivity contribution in [1.82, 2.24) is 0 Å². The van der Waals surface area contributed by atoms with Gasteiger partial charge in [0.1, 0.15) is 0 Å². The van der Waals surface area contributed by atoms with Crippen LogP contribution in [0.5, 0.6) is 0 Å². The number of thiophene rings is 1. The molecule has 1 heterocycles. The van der Waals surface area contributed by atoms with E-state index in [0.717, 1.165) is 21.3 Å². The summed E-state index contributed by atoms with van der Waals surface area (Å²) in [6, 6.07) is 10.0.